The van der Waals surface area contributed by atoms with Crippen LogP contribution in [-0.4, -0.2) is 7.05 Å². The summed E-state index contributed by atoms with van der Waals surface area (Å²) < 4.78 is 0. The van der Waals surface area contributed by atoms with Crippen LogP contribution in [0.1, 0.15) is 46.1 Å². The number of hydrogen-bond acceptors (Lipinski definition) is 5. The zero-order valence-corrected chi connectivity index (χ0v) is 26.3. The fourth-order valence-electron chi connectivity index (χ4n) is 7.24. The molecule has 2 heterocycles. The van der Waals surface area contributed by atoms with Crippen LogP contribution < -0.4 is 20.9 Å². The van der Waals surface area contributed by atoms with Crippen molar-refractivity contribution in [2.24, 2.45) is 0 Å². The summed E-state index contributed by atoms with van der Waals surface area (Å²) in [6.07, 6.45) is -0.0226. The molecule has 9 rings (SSSR count). The first-order chi connectivity index (χ1) is 22.7. The average Bonchev–Trinajstić information content (AvgIpc) is 3.47. The van der Waals surface area contributed by atoms with E-state index in [1.165, 1.54) is 65.2 Å². The van der Waals surface area contributed by atoms with E-state index < -0.39 is 0 Å². The molecule has 7 aromatic rings. The first-order valence-corrected chi connectivity index (χ1v) is 16.8. The first-order valence-electron chi connectivity index (χ1n) is 16.0. The van der Waals surface area contributed by atoms with Crippen molar-refractivity contribution in [3.8, 4) is 0 Å². The molecule has 3 N–H and O–H groups in total. The average molecular weight is 615 g/mol. The molecular weight excluding hydrogens is 581 g/mol. The van der Waals surface area contributed by atoms with Crippen LogP contribution in [0.15, 0.2) is 150 Å². The van der Waals surface area contributed by atoms with Crippen molar-refractivity contribution in [3.05, 3.63) is 168 Å². The lowest BCUT2D eigenvalue weighted by Crippen LogP contribution is -2.54. The number of fused-ring (bicyclic) bond motifs is 6. The van der Waals surface area contributed by atoms with Crippen LogP contribution in [0.2, 0.25) is 0 Å². The maximum Gasteiger partial charge on any atom is 0.105 e. The van der Waals surface area contributed by atoms with Gasteiger partial charge in [-0.25, -0.2) is 0 Å². The summed E-state index contributed by atoms with van der Waals surface area (Å²) in [5, 5.41) is 19.4. The van der Waals surface area contributed by atoms with Crippen LogP contribution in [0.25, 0.3) is 32.3 Å². The molecule has 4 nitrogen and oxygen atoms in total. The van der Waals surface area contributed by atoms with Gasteiger partial charge in [-0.05, 0) is 67.4 Å². The van der Waals surface area contributed by atoms with Crippen molar-refractivity contribution in [2.75, 3.05) is 11.9 Å². The van der Waals surface area contributed by atoms with Crippen LogP contribution >= 0.6 is 11.8 Å². The summed E-state index contributed by atoms with van der Waals surface area (Å²) in [5.41, 5.74) is 6.32. The fourth-order valence-corrected chi connectivity index (χ4v) is 8.53. The molecule has 3 unspecified atom stereocenters. The Morgan fingerprint density at radius 1 is 0.478 bits per heavy atom. The van der Waals surface area contributed by atoms with Crippen LogP contribution in [0, 0.1) is 0 Å². The molecule has 3 atom stereocenters. The lowest BCUT2D eigenvalue weighted by molar-refractivity contribution is 0.203. The predicted molar refractivity (Wildman–Crippen MR) is 193 cm³/mol. The van der Waals surface area contributed by atoms with Crippen molar-refractivity contribution in [3.63, 3.8) is 0 Å². The second-order valence-electron chi connectivity index (χ2n) is 12.4. The van der Waals surface area contributed by atoms with Gasteiger partial charge in [0.15, 0.2) is 0 Å². The molecule has 46 heavy (non-hydrogen) atoms. The molecule has 5 heteroatoms. The van der Waals surface area contributed by atoms with E-state index in [0.29, 0.717) is 0 Å². The molecule has 0 radical (unpaired) electrons. The minimum absolute atomic E-state index is 0.00550. The fraction of sp³-hybridized carbons (Fsp3) is 0.122. The summed E-state index contributed by atoms with van der Waals surface area (Å²) in [7, 11) is 2.25. The number of rotatable bonds is 4. The van der Waals surface area contributed by atoms with Crippen molar-refractivity contribution in [1.82, 2.24) is 16.0 Å². The van der Waals surface area contributed by atoms with E-state index >= 15 is 0 Å². The topological polar surface area (TPSA) is 39.3 Å². The highest BCUT2D eigenvalue weighted by molar-refractivity contribution is 8.00. The van der Waals surface area contributed by atoms with E-state index in [4.69, 9.17) is 0 Å². The number of hydrogen-bond donors (Lipinski definition) is 3. The first kappa shape index (κ1) is 27.6. The maximum absolute atomic E-state index is 3.84. The van der Waals surface area contributed by atoms with Crippen molar-refractivity contribution in [1.29, 1.82) is 0 Å². The van der Waals surface area contributed by atoms with Gasteiger partial charge < -0.3 is 4.90 Å². The molecule has 2 aliphatic heterocycles. The van der Waals surface area contributed by atoms with E-state index in [2.05, 4.69) is 173 Å². The Bertz CT molecular complexity index is 2170. The Morgan fingerprint density at radius 3 is 1.74 bits per heavy atom. The van der Waals surface area contributed by atoms with Crippen molar-refractivity contribution >= 4 is 49.8 Å². The quantitative estimate of drug-likeness (QED) is 0.172. The minimum Gasteiger partial charge on any atom is -0.357 e. The molecule has 1 saturated heterocycles. The highest BCUT2D eigenvalue weighted by Crippen LogP contribution is 2.54. The number of nitrogens with zero attached hydrogens (tertiary/aromatic N) is 1. The largest absolute Gasteiger partial charge is 0.357 e. The molecule has 0 bridgehead atoms. The van der Waals surface area contributed by atoms with E-state index in [0.717, 1.165) is 0 Å². The normalized spacial score (nSPS) is 21.2. The van der Waals surface area contributed by atoms with Gasteiger partial charge in [-0.1, -0.05) is 139 Å². The summed E-state index contributed by atoms with van der Waals surface area (Å²) in [4.78, 5) is 3.81. The number of nitrogens with one attached hydrogen (secondary N) is 3. The van der Waals surface area contributed by atoms with Gasteiger partial charge in [-0.2, -0.15) is 0 Å². The summed E-state index contributed by atoms with van der Waals surface area (Å²) >= 11 is 1.95. The highest BCUT2D eigenvalue weighted by Gasteiger charge is 2.32. The van der Waals surface area contributed by atoms with Crippen LogP contribution in [-0.2, 0) is 0 Å². The molecule has 1 fully saturated rings. The summed E-state index contributed by atoms with van der Waals surface area (Å²) in [6.45, 7) is 0. The number of benzene rings is 7. The third kappa shape index (κ3) is 4.75. The third-order valence-electron chi connectivity index (χ3n) is 9.56. The zero-order chi connectivity index (χ0) is 30.6. The SMILES string of the molecule is CN1c2c(ccc3ccc4cc(C5NC(c6ccccc6)NC(c6ccccc6)N5)ccc4c23)SC1c1ccc2ccccc2c1. The molecule has 0 saturated carbocycles. The molecule has 0 spiro atoms. The van der Waals surface area contributed by atoms with Crippen LogP contribution in [0.4, 0.5) is 5.69 Å². The summed E-state index contributed by atoms with van der Waals surface area (Å²) in [6, 6.07) is 53.0. The molecule has 0 amide bonds. The van der Waals surface area contributed by atoms with Gasteiger partial charge in [0, 0.05) is 17.3 Å². The van der Waals surface area contributed by atoms with Crippen molar-refractivity contribution < 1.29 is 0 Å². The van der Waals surface area contributed by atoms with Gasteiger partial charge in [0.25, 0.3) is 0 Å². The number of thioether (sulfide) groups is 1. The minimum atomic E-state index is -0.0336. The maximum atomic E-state index is 3.84. The molecule has 7 aromatic carbocycles. The summed E-state index contributed by atoms with van der Waals surface area (Å²) in [5.74, 6) is 0. The van der Waals surface area contributed by atoms with Crippen molar-refractivity contribution in [2.45, 2.75) is 28.8 Å². The van der Waals surface area contributed by atoms with Gasteiger partial charge in [0.1, 0.15) is 5.37 Å². The Morgan fingerprint density at radius 2 is 1.02 bits per heavy atom. The Balaban J connectivity index is 1.10. The molecule has 2 aliphatic rings. The lowest BCUT2D eigenvalue weighted by Gasteiger charge is -2.39. The smallest absolute Gasteiger partial charge is 0.105 e. The lowest BCUT2D eigenvalue weighted by atomic mass is 9.96. The standard InChI is InChI=1S/C41H34N4S/c1-45-37-35(46-41(45)33-19-16-26-10-8-9-15-30(26)24-33)23-21-27-17-18-31-25-32(20-22-34(31)36(27)37)40-43-38(28-11-4-2-5-12-28)42-39(44-40)29-13-6-3-7-14-29/h2-25,38-44H,1H3. The van der Waals surface area contributed by atoms with Gasteiger partial charge >= 0.3 is 0 Å². The van der Waals surface area contributed by atoms with Crippen LogP contribution in [0.3, 0.4) is 0 Å². The second-order valence-corrected chi connectivity index (χ2v) is 13.5. The monoisotopic (exact) mass is 614 g/mol. The van der Waals surface area contributed by atoms with Gasteiger partial charge in [0.2, 0.25) is 0 Å². The molecular formula is C41H34N4S. The zero-order valence-electron chi connectivity index (χ0n) is 25.5. The van der Waals surface area contributed by atoms with E-state index in [9.17, 15) is 0 Å². The Hall–Kier alpha value is -4.65. The Labute approximate surface area is 273 Å². The highest BCUT2D eigenvalue weighted by atomic mass is 32.2. The predicted octanol–water partition coefficient (Wildman–Crippen LogP) is 9.57. The second kappa shape index (κ2) is 11.3. The van der Waals surface area contributed by atoms with Gasteiger partial charge in [0.05, 0.1) is 24.2 Å². The number of anilines is 1. The van der Waals surface area contributed by atoms with E-state index in [1.807, 2.05) is 11.8 Å². The third-order valence-corrected chi connectivity index (χ3v) is 11.0. The van der Waals surface area contributed by atoms with Crippen LogP contribution in [0.5, 0.6) is 0 Å². The van der Waals surface area contributed by atoms with E-state index in [-0.39, 0.29) is 23.9 Å². The van der Waals surface area contributed by atoms with Gasteiger partial charge in [-0.15, -0.1) is 0 Å². The molecule has 0 aliphatic carbocycles. The van der Waals surface area contributed by atoms with E-state index in [1.54, 1.807) is 0 Å². The molecule has 0 aromatic heterocycles. The van der Waals surface area contributed by atoms with Gasteiger partial charge in [-0.3, -0.25) is 16.0 Å². The Kier molecular flexibility index (Phi) is 6.79. The molecule has 224 valence electrons.